The average Bonchev–Trinajstić information content (AvgIpc) is 2.30. The minimum atomic E-state index is 0.354. The van der Waals surface area contributed by atoms with Gasteiger partial charge in [0.15, 0.2) is 0 Å². The minimum absolute atomic E-state index is 0.354. The van der Waals surface area contributed by atoms with Gasteiger partial charge >= 0.3 is 0 Å². The van der Waals surface area contributed by atoms with E-state index in [0.29, 0.717) is 23.1 Å². The van der Waals surface area contributed by atoms with Gasteiger partial charge < -0.3 is 10.0 Å². The molecule has 0 saturated carbocycles. The molecular formula is C11H13ClN2O2. The zero-order chi connectivity index (χ0) is 12.0. The molecule has 0 aliphatic heterocycles. The third-order valence-corrected chi connectivity index (χ3v) is 2.27. The van der Waals surface area contributed by atoms with Gasteiger partial charge in [-0.15, -0.1) is 0 Å². The molecule has 1 aromatic carbocycles. The first kappa shape index (κ1) is 12.5. The van der Waals surface area contributed by atoms with E-state index in [2.05, 4.69) is 10.3 Å². The highest BCUT2D eigenvalue weighted by atomic mass is 35.5. The molecule has 86 valence electrons. The highest BCUT2D eigenvalue weighted by Gasteiger charge is 1.98. The van der Waals surface area contributed by atoms with Crippen LogP contribution in [0, 0.1) is 0 Å². The molecule has 0 aromatic heterocycles. The largest absolute Gasteiger partial charge is 0.411 e. The molecule has 1 aromatic rings. The average molecular weight is 241 g/mol. The second kappa shape index (κ2) is 6.12. The summed E-state index contributed by atoms with van der Waals surface area (Å²) in [6.07, 6.45) is 0. The van der Waals surface area contributed by atoms with Gasteiger partial charge in [-0.2, -0.15) is 0 Å². The summed E-state index contributed by atoms with van der Waals surface area (Å²) in [5.41, 5.74) is 1.94. The number of hydrogen-bond acceptors (Lipinski definition) is 4. The summed E-state index contributed by atoms with van der Waals surface area (Å²) in [5, 5.41) is 16.0. The Labute approximate surface area is 99.2 Å². The van der Waals surface area contributed by atoms with Gasteiger partial charge in [0.2, 0.25) is 0 Å². The Bertz CT molecular complexity index is 399. The lowest BCUT2D eigenvalue weighted by atomic mass is 10.2. The molecule has 0 amide bonds. The van der Waals surface area contributed by atoms with Crippen molar-refractivity contribution in [2.75, 3.05) is 0 Å². The predicted octanol–water partition coefficient (Wildman–Crippen LogP) is 3.08. The highest BCUT2D eigenvalue weighted by molar-refractivity contribution is 6.40. The molecule has 4 nitrogen and oxygen atoms in total. The molecule has 16 heavy (non-hydrogen) atoms. The number of benzene rings is 1. The summed E-state index contributed by atoms with van der Waals surface area (Å²) in [5.74, 6) is 0. The maximum Gasteiger partial charge on any atom is 0.142 e. The van der Waals surface area contributed by atoms with Crippen LogP contribution in [0.25, 0.3) is 0 Å². The summed E-state index contributed by atoms with van der Waals surface area (Å²) in [4.78, 5) is 5.10. The Morgan fingerprint density at radius 3 is 2.44 bits per heavy atom. The molecule has 0 saturated heterocycles. The summed E-state index contributed by atoms with van der Waals surface area (Å²) in [7, 11) is 0. The van der Waals surface area contributed by atoms with Gasteiger partial charge in [-0.1, -0.05) is 34.0 Å². The molecule has 0 atom stereocenters. The Morgan fingerprint density at radius 1 is 1.25 bits per heavy atom. The predicted molar refractivity (Wildman–Crippen MR) is 64.2 cm³/mol. The lowest BCUT2D eigenvalue weighted by Gasteiger charge is -2.01. The van der Waals surface area contributed by atoms with Gasteiger partial charge in [-0.3, -0.25) is 0 Å². The van der Waals surface area contributed by atoms with Crippen LogP contribution in [0.15, 0.2) is 34.6 Å². The van der Waals surface area contributed by atoms with Gasteiger partial charge in [0.1, 0.15) is 18.0 Å². The summed E-state index contributed by atoms with van der Waals surface area (Å²) in [6.45, 7) is 3.70. The molecule has 1 rings (SSSR count). The summed E-state index contributed by atoms with van der Waals surface area (Å²) >= 11 is 5.74. The zero-order valence-corrected chi connectivity index (χ0v) is 9.90. The minimum Gasteiger partial charge on any atom is -0.411 e. The van der Waals surface area contributed by atoms with Crippen LogP contribution >= 0.6 is 11.6 Å². The van der Waals surface area contributed by atoms with Crippen molar-refractivity contribution < 1.29 is 10.0 Å². The Morgan fingerprint density at radius 2 is 1.88 bits per heavy atom. The van der Waals surface area contributed by atoms with Crippen molar-refractivity contribution in [3.05, 3.63) is 34.9 Å². The number of halogens is 1. The molecule has 0 radical (unpaired) electrons. The maximum atomic E-state index is 8.49. The van der Waals surface area contributed by atoms with Crippen LogP contribution in [0.2, 0.25) is 5.02 Å². The van der Waals surface area contributed by atoms with Crippen LogP contribution in [0.1, 0.15) is 19.4 Å². The first-order valence-electron chi connectivity index (χ1n) is 4.73. The molecule has 1 N–H and O–H groups in total. The third-order valence-electron chi connectivity index (χ3n) is 2.02. The molecule has 0 aliphatic carbocycles. The van der Waals surface area contributed by atoms with E-state index in [1.54, 1.807) is 26.0 Å². The van der Waals surface area contributed by atoms with E-state index in [1.165, 1.54) is 0 Å². The van der Waals surface area contributed by atoms with Crippen molar-refractivity contribution in [1.82, 2.24) is 0 Å². The Hall–Kier alpha value is -1.55. The standard InChI is InChI=1S/C11H13ClN2O2/c1-8(13-15)9(2)14-16-7-10-3-5-11(12)6-4-10/h3-6,15H,7H2,1-2H3. The number of oxime groups is 2. The number of rotatable bonds is 4. The zero-order valence-electron chi connectivity index (χ0n) is 9.14. The van der Waals surface area contributed by atoms with Gasteiger partial charge in [-0.25, -0.2) is 0 Å². The fourth-order valence-corrected chi connectivity index (χ4v) is 1.05. The van der Waals surface area contributed by atoms with E-state index in [1.807, 2.05) is 12.1 Å². The fraction of sp³-hybridized carbons (Fsp3) is 0.273. The lowest BCUT2D eigenvalue weighted by molar-refractivity contribution is 0.131. The van der Waals surface area contributed by atoms with Crippen LogP contribution in [-0.4, -0.2) is 16.6 Å². The van der Waals surface area contributed by atoms with Crippen LogP contribution < -0.4 is 0 Å². The Balaban J connectivity index is 2.50. The second-order valence-electron chi connectivity index (χ2n) is 3.26. The van der Waals surface area contributed by atoms with Gasteiger partial charge in [0.05, 0.1) is 0 Å². The maximum absolute atomic E-state index is 8.49. The van der Waals surface area contributed by atoms with Crippen molar-refractivity contribution in [2.24, 2.45) is 10.3 Å². The lowest BCUT2D eigenvalue weighted by Crippen LogP contribution is -2.06. The first-order valence-corrected chi connectivity index (χ1v) is 5.11. The van der Waals surface area contributed by atoms with E-state index in [0.717, 1.165) is 5.56 Å². The molecule has 0 bridgehead atoms. The van der Waals surface area contributed by atoms with Crippen molar-refractivity contribution in [3.63, 3.8) is 0 Å². The fourth-order valence-electron chi connectivity index (χ4n) is 0.923. The monoisotopic (exact) mass is 240 g/mol. The molecule has 0 unspecified atom stereocenters. The van der Waals surface area contributed by atoms with Crippen LogP contribution in [0.4, 0.5) is 0 Å². The van der Waals surface area contributed by atoms with Crippen LogP contribution in [-0.2, 0) is 11.4 Å². The van der Waals surface area contributed by atoms with E-state index >= 15 is 0 Å². The quantitative estimate of drug-likeness (QED) is 0.500. The van der Waals surface area contributed by atoms with E-state index < -0.39 is 0 Å². The summed E-state index contributed by atoms with van der Waals surface area (Å²) in [6, 6.07) is 7.30. The smallest absolute Gasteiger partial charge is 0.142 e. The normalized spacial score (nSPS) is 12.7. The topological polar surface area (TPSA) is 54.2 Å². The molecular weight excluding hydrogens is 228 g/mol. The third kappa shape index (κ3) is 3.90. The van der Waals surface area contributed by atoms with Crippen molar-refractivity contribution in [3.8, 4) is 0 Å². The molecule has 0 spiro atoms. The van der Waals surface area contributed by atoms with E-state index in [-0.39, 0.29) is 0 Å². The number of hydrogen-bond donors (Lipinski definition) is 1. The van der Waals surface area contributed by atoms with Gasteiger partial charge in [-0.05, 0) is 31.5 Å². The molecule has 5 heteroatoms. The molecule has 0 fully saturated rings. The van der Waals surface area contributed by atoms with Gasteiger partial charge in [0, 0.05) is 5.02 Å². The van der Waals surface area contributed by atoms with Gasteiger partial charge in [0.25, 0.3) is 0 Å². The van der Waals surface area contributed by atoms with E-state index in [4.69, 9.17) is 21.6 Å². The highest BCUT2D eigenvalue weighted by Crippen LogP contribution is 2.10. The van der Waals surface area contributed by atoms with Crippen molar-refractivity contribution in [1.29, 1.82) is 0 Å². The number of nitrogens with zero attached hydrogens (tertiary/aromatic N) is 2. The molecule has 0 aliphatic rings. The van der Waals surface area contributed by atoms with Crippen LogP contribution in [0.3, 0.4) is 0 Å². The molecule has 0 heterocycles. The van der Waals surface area contributed by atoms with E-state index in [9.17, 15) is 0 Å². The first-order chi connectivity index (χ1) is 7.63. The second-order valence-corrected chi connectivity index (χ2v) is 3.70. The SMILES string of the molecule is CC(=NO)C(C)=NOCc1ccc(Cl)cc1. The van der Waals surface area contributed by atoms with Crippen LogP contribution in [0.5, 0.6) is 0 Å². The van der Waals surface area contributed by atoms with Crippen molar-refractivity contribution >= 4 is 23.0 Å². The summed E-state index contributed by atoms with van der Waals surface area (Å²) < 4.78 is 0. The Kier molecular flexibility index (Phi) is 4.79. The van der Waals surface area contributed by atoms with Crippen molar-refractivity contribution in [2.45, 2.75) is 20.5 Å².